The molecule has 0 radical (unpaired) electrons. The number of fused-ring (bicyclic) bond motifs is 1. The number of nitrogens with zero attached hydrogens (tertiary/aromatic N) is 2. The highest BCUT2D eigenvalue weighted by Gasteiger charge is 2.22. The Kier molecular flexibility index (Phi) is 12.0. The molecule has 2 aromatic carbocycles. The van der Waals surface area contributed by atoms with E-state index in [0.717, 1.165) is 43.5 Å². The van der Waals surface area contributed by atoms with Gasteiger partial charge in [-0.05, 0) is 42.8 Å². The van der Waals surface area contributed by atoms with E-state index in [-0.39, 0.29) is 6.04 Å². The number of sulfonamides is 1. The fraction of sp³-hybridized carbons (Fsp3) is 0.655. The molecule has 0 spiro atoms. The van der Waals surface area contributed by atoms with Crippen LogP contribution in [0.3, 0.4) is 0 Å². The third-order valence-corrected chi connectivity index (χ3v) is 8.80. The Hall–Kier alpha value is -1.47. The molecule has 1 fully saturated rings. The van der Waals surface area contributed by atoms with Crippen LogP contribution in [0.4, 0.5) is 0 Å². The summed E-state index contributed by atoms with van der Waals surface area (Å²) < 4.78 is 28.7. The van der Waals surface area contributed by atoms with Gasteiger partial charge in [-0.1, -0.05) is 95.0 Å². The molecular formula is C29H47N3O2S. The van der Waals surface area contributed by atoms with Gasteiger partial charge in [0.1, 0.15) is 0 Å². The summed E-state index contributed by atoms with van der Waals surface area (Å²) in [5, 5.41) is 2.00. The highest BCUT2D eigenvalue weighted by molar-refractivity contribution is 7.89. The van der Waals surface area contributed by atoms with Gasteiger partial charge in [-0.15, -0.1) is 0 Å². The molecule has 0 aromatic heterocycles. The van der Waals surface area contributed by atoms with E-state index >= 15 is 0 Å². The number of nitrogens with one attached hydrogen (secondary N) is 1. The van der Waals surface area contributed by atoms with Crippen molar-refractivity contribution in [1.82, 2.24) is 14.5 Å². The van der Waals surface area contributed by atoms with Gasteiger partial charge < -0.3 is 4.90 Å². The van der Waals surface area contributed by atoms with Crippen LogP contribution in [0.1, 0.15) is 78.1 Å². The van der Waals surface area contributed by atoms with Crippen molar-refractivity contribution in [3.05, 3.63) is 42.5 Å². The summed E-state index contributed by atoms with van der Waals surface area (Å²) in [5.41, 5.74) is 0. The van der Waals surface area contributed by atoms with Gasteiger partial charge in [-0.2, -0.15) is 0 Å². The molecule has 35 heavy (non-hydrogen) atoms. The van der Waals surface area contributed by atoms with Crippen LogP contribution < -0.4 is 4.72 Å². The molecule has 1 atom stereocenters. The van der Waals surface area contributed by atoms with Crippen molar-refractivity contribution in [2.75, 3.05) is 39.3 Å². The quantitative estimate of drug-likeness (QED) is 0.285. The molecule has 0 aliphatic carbocycles. The minimum atomic E-state index is -3.53. The van der Waals surface area contributed by atoms with E-state index in [1.165, 1.54) is 70.8 Å². The van der Waals surface area contributed by atoms with Crippen LogP contribution in [0, 0.1) is 0 Å². The molecule has 1 aliphatic rings. The van der Waals surface area contributed by atoms with Crippen molar-refractivity contribution in [2.24, 2.45) is 0 Å². The van der Waals surface area contributed by atoms with Gasteiger partial charge >= 0.3 is 0 Å². The first-order chi connectivity index (χ1) is 17.0. The third-order valence-electron chi connectivity index (χ3n) is 7.21. The maximum absolute atomic E-state index is 12.9. The molecule has 1 N–H and O–H groups in total. The van der Waals surface area contributed by atoms with E-state index in [1.54, 1.807) is 12.1 Å². The maximum Gasteiger partial charge on any atom is 0.240 e. The minimum absolute atomic E-state index is 0.125. The molecule has 1 heterocycles. The van der Waals surface area contributed by atoms with Gasteiger partial charge in [0.05, 0.1) is 4.90 Å². The fourth-order valence-electron chi connectivity index (χ4n) is 5.11. The number of hydrogen-bond donors (Lipinski definition) is 1. The fourth-order valence-corrected chi connectivity index (χ4v) is 6.38. The number of hydrogen-bond acceptors (Lipinski definition) is 4. The Balaban J connectivity index is 1.29. The van der Waals surface area contributed by atoms with Crippen molar-refractivity contribution in [2.45, 2.75) is 89.0 Å². The summed E-state index contributed by atoms with van der Waals surface area (Å²) in [5.74, 6) is 0. The molecule has 1 aliphatic heterocycles. The summed E-state index contributed by atoms with van der Waals surface area (Å²) in [6.07, 6.45) is 13.8. The number of benzene rings is 2. The van der Waals surface area contributed by atoms with E-state index < -0.39 is 10.0 Å². The molecule has 3 rings (SSSR count). The van der Waals surface area contributed by atoms with E-state index in [0.29, 0.717) is 4.90 Å². The van der Waals surface area contributed by atoms with Crippen molar-refractivity contribution < 1.29 is 8.42 Å². The molecule has 5 nitrogen and oxygen atoms in total. The van der Waals surface area contributed by atoms with Crippen LogP contribution in [0.15, 0.2) is 47.4 Å². The monoisotopic (exact) mass is 501 g/mol. The lowest BCUT2D eigenvalue weighted by Gasteiger charge is -2.36. The smallest absolute Gasteiger partial charge is 0.240 e. The standard InChI is InChI=1S/C29H47N3O2S/c1-3-4-5-6-7-8-9-10-11-14-19-31-20-22-32(23-21-31)25-26(2)30-35(33,34)29-18-17-27-15-12-13-16-28(27)24-29/h12-13,15-18,24,26,30H,3-11,14,19-23,25H2,1-2H3/t26-/m1/s1. The normalized spacial score (nSPS) is 16.6. The zero-order valence-corrected chi connectivity index (χ0v) is 22.9. The Labute approximate surface area is 214 Å². The van der Waals surface area contributed by atoms with E-state index in [4.69, 9.17) is 0 Å². The summed E-state index contributed by atoms with van der Waals surface area (Å²) in [7, 11) is -3.53. The van der Waals surface area contributed by atoms with Gasteiger partial charge in [0.25, 0.3) is 0 Å². The zero-order chi connectivity index (χ0) is 24.9. The summed E-state index contributed by atoms with van der Waals surface area (Å²) in [4.78, 5) is 5.30. The highest BCUT2D eigenvalue weighted by atomic mass is 32.2. The predicted octanol–water partition coefficient (Wildman–Crippen LogP) is 6.05. The molecule has 196 valence electrons. The lowest BCUT2D eigenvalue weighted by atomic mass is 10.1. The van der Waals surface area contributed by atoms with Crippen LogP contribution in [0.2, 0.25) is 0 Å². The van der Waals surface area contributed by atoms with Crippen LogP contribution >= 0.6 is 0 Å². The molecule has 0 saturated carbocycles. The Morgan fingerprint density at radius 3 is 2.00 bits per heavy atom. The number of unbranched alkanes of at least 4 members (excludes halogenated alkanes) is 9. The van der Waals surface area contributed by atoms with Crippen molar-refractivity contribution in [3.63, 3.8) is 0 Å². The molecule has 1 saturated heterocycles. The van der Waals surface area contributed by atoms with Gasteiger partial charge in [-0.3, -0.25) is 4.90 Å². The van der Waals surface area contributed by atoms with Crippen molar-refractivity contribution >= 4 is 20.8 Å². The molecule has 0 bridgehead atoms. The van der Waals surface area contributed by atoms with Crippen LogP contribution in [-0.4, -0.2) is 63.5 Å². The number of piperazine rings is 1. The Bertz CT molecular complexity index is 971. The Morgan fingerprint density at radius 2 is 1.34 bits per heavy atom. The summed E-state index contributed by atoms with van der Waals surface area (Å²) in [6.45, 7) is 10.4. The summed E-state index contributed by atoms with van der Waals surface area (Å²) in [6, 6.07) is 13.1. The van der Waals surface area contributed by atoms with Crippen LogP contribution in [-0.2, 0) is 10.0 Å². The van der Waals surface area contributed by atoms with E-state index in [9.17, 15) is 8.42 Å². The van der Waals surface area contributed by atoms with Gasteiger partial charge in [0.15, 0.2) is 0 Å². The second-order valence-corrected chi connectivity index (χ2v) is 12.1. The second-order valence-electron chi connectivity index (χ2n) is 10.4. The SMILES string of the molecule is CCCCCCCCCCCCN1CCN(C[C@@H](C)NS(=O)(=O)c2ccc3ccccc3c2)CC1. The molecule has 0 unspecified atom stereocenters. The molecular weight excluding hydrogens is 454 g/mol. The zero-order valence-electron chi connectivity index (χ0n) is 22.1. The van der Waals surface area contributed by atoms with Crippen molar-refractivity contribution in [3.8, 4) is 0 Å². The van der Waals surface area contributed by atoms with E-state index in [1.807, 2.05) is 37.3 Å². The number of rotatable bonds is 16. The predicted molar refractivity (Wildman–Crippen MR) is 148 cm³/mol. The largest absolute Gasteiger partial charge is 0.301 e. The molecule has 2 aromatic rings. The first kappa shape index (κ1) is 28.1. The second kappa shape index (κ2) is 14.9. The van der Waals surface area contributed by atoms with Gasteiger partial charge in [0, 0.05) is 38.8 Å². The van der Waals surface area contributed by atoms with Gasteiger partial charge in [-0.25, -0.2) is 13.1 Å². The average Bonchev–Trinajstić information content (AvgIpc) is 2.85. The van der Waals surface area contributed by atoms with Gasteiger partial charge in [0.2, 0.25) is 10.0 Å². The first-order valence-corrected chi connectivity index (χ1v) is 15.4. The first-order valence-electron chi connectivity index (χ1n) is 13.9. The Morgan fingerprint density at radius 1 is 0.771 bits per heavy atom. The highest BCUT2D eigenvalue weighted by Crippen LogP contribution is 2.19. The van der Waals surface area contributed by atoms with Crippen LogP contribution in [0.25, 0.3) is 10.8 Å². The van der Waals surface area contributed by atoms with Crippen molar-refractivity contribution in [1.29, 1.82) is 0 Å². The third kappa shape index (κ3) is 9.83. The average molecular weight is 502 g/mol. The molecule has 6 heteroatoms. The van der Waals surface area contributed by atoms with Crippen LogP contribution in [0.5, 0.6) is 0 Å². The lowest BCUT2D eigenvalue weighted by Crippen LogP contribution is -2.50. The maximum atomic E-state index is 12.9. The minimum Gasteiger partial charge on any atom is -0.301 e. The van der Waals surface area contributed by atoms with E-state index in [2.05, 4.69) is 21.4 Å². The lowest BCUT2D eigenvalue weighted by molar-refractivity contribution is 0.125. The molecule has 0 amide bonds. The topological polar surface area (TPSA) is 52.6 Å². The summed E-state index contributed by atoms with van der Waals surface area (Å²) >= 11 is 0.